The number of nitrogens with two attached hydrogens (primary N) is 1. The lowest BCUT2D eigenvalue weighted by molar-refractivity contribution is 0.00818. The van der Waals surface area contributed by atoms with E-state index in [4.69, 9.17) is 10.5 Å². The van der Waals surface area contributed by atoms with Crippen molar-refractivity contribution < 1.29 is 9.53 Å². The minimum Gasteiger partial charge on any atom is -0.458 e. The van der Waals surface area contributed by atoms with Gasteiger partial charge >= 0.3 is 5.97 Å². The monoisotopic (exact) mass is 262 g/mol. The molecule has 1 aliphatic carbocycles. The van der Waals surface area contributed by atoms with Crippen molar-refractivity contribution in [2.45, 2.75) is 45.8 Å². The van der Waals surface area contributed by atoms with Crippen molar-refractivity contribution in [3.8, 4) is 0 Å². The van der Waals surface area contributed by atoms with Gasteiger partial charge in [0, 0.05) is 12.7 Å². The first-order valence-electron chi connectivity index (χ1n) is 6.96. The van der Waals surface area contributed by atoms with Crippen LogP contribution >= 0.6 is 0 Å². The minimum absolute atomic E-state index is 0.0367. The summed E-state index contributed by atoms with van der Waals surface area (Å²) in [5.74, 6) is 1.01. The summed E-state index contributed by atoms with van der Waals surface area (Å²) in [6, 6.07) is 3.49. The zero-order valence-electron chi connectivity index (χ0n) is 11.6. The van der Waals surface area contributed by atoms with E-state index in [-0.39, 0.29) is 12.1 Å². The number of nitrogens with zero attached hydrogens (tertiary/aromatic N) is 1. The van der Waals surface area contributed by atoms with Crippen molar-refractivity contribution in [3.05, 3.63) is 29.6 Å². The molecular weight excluding hydrogens is 240 g/mol. The van der Waals surface area contributed by atoms with E-state index in [1.165, 1.54) is 0 Å². The molecule has 104 valence electrons. The van der Waals surface area contributed by atoms with Gasteiger partial charge in [0.2, 0.25) is 0 Å². The van der Waals surface area contributed by atoms with Crippen LogP contribution in [0.4, 0.5) is 0 Å². The van der Waals surface area contributed by atoms with Crippen LogP contribution in [0.2, 0.25) is 0 Å². The predicted molar refractivity (Wildman–Crippen MR) is 73.5 cm³/mol. The highest BCUT2D eigenvalue weighted by Gasteiger charge is 2.27. The summed E-state index contributed by atoms with van der Waals surface area (Å²) < 4.78 is 5.54. The summed E-state index contributed by atoms with van der Waals surface area (Å²) in [6.07, 6.45) is 4.70. The highest BCUT2D eigenvalue weighted by atomic mass is 16.5. The van der Waals surface area contributed by atoms with E-state index in [1.807, 2.05) is 6.07 Å². The van der Waals surface area contributed by atoms with Crippen molar-refractivity contribution in [2.24, 2.45) is 17.6 Å². The van der Waals surface area contributed by atoms with Gasteiger partial charge in [0.15, 0.2) is 0 Å². The molecule has 1 saturated carbocycles. The molecule has 0 amide bonds. The summed E-state index contributed by atoms with van der Waals surface area (Å²) in [4.78, 5) is 16.1. The molecule has 2 N–H and O–H groups in total. The molecule has 1 heterocycles. The maximum Gasteiger partial charge on any atom is 0.357 e. The van der Waals surface area contributed by atoms with Crippen LogP contribution in [0.15, 0.2) is 18.3 Å². The molecule has 0 aliphatic heterocycles. The van der Waals surface area contributed by atoms with E-state index in [1.54, 1.807) is 12.3 Å². The first-order valence-corrected chi connectivity index (χ1v) is 6.96. The van der Waals surface area contributed by atoms with E-state index in [2.05, 4.69) is 18.8 Å². The molecule has 2 rings (SSSR count). The SMILES string of the molecule is CC1CCC(OC(=O)c2ccc(CN)cn2)CC1C. The number of hydrogen-bond acceptors (Lipinski definition) is 4. The Morgan fingerprint density at radius 3 is 2.74 bits per heavy atom. The Labute approximate surface area is 114 Å². The molecule has 1 aromatic heterocycles. The summed E-state index contributed by atoms with van der Waals surface area (Å²) in [7, 11) is 0. The smallest absolute Gasteiger partial charge is 0.357 e. The van der Waals surface area contributed by atoms with Crippen molar-refractivity contribution in [3.63, 3.8) is 0 Å². The van der Waals surface area contributed by atoms with Crippen LogP contribution in [-0.4, -0.2) is 17.1 Å². The fourth-order valence-electron chi connectivity index (χ4n) is 2.48. The molecule has 4 heteroatoms. The molecule has 0 saturated heterocycles. The quantitative estimate of drug-likeness (QED) is 0.850. The third kappa shape index (κ3) is 3.53. The fraction of sp³-hybridized carbons (Fsp3) is 0.600. The van der Waals surface area contributed by atoms with E-state index in [0.29, 0.717) is 18.2 Å². The molecule has 0 radical (unpaired) electrons. The van der Waals surface area contributed by atoms with Crippen LogP contribution in [0.1, 0.15) is 49.2 Å². The Bertz CT molecular complexity index is 430. The minimum atomic E-state index is -0.324. The molecule has 1 fully saturated rings. The van der Waals surface area contributed by atoms with E-state index in [0.717, 1.165) is 30.7 Å². The number of rotatable bonds is 3. The van der Waals surface area contributed by atoms with Gasteiger partial charge in [0.05, 0.1) is 0 Å². The van der Waals surface area contributed by atoms with Crippen molar-refractivity contribution in [1.29, 1.82) is 0 Å². The van der Waals surface area contributed by atoms with Crippen LogP contribution in [0.5, 0.6) is 0 Å². The average Bonchev–Trinajstić information content (AvgIpc) is 2.43. The summed E-state index contributed by atoms with van der Waals surface area (Å²) >= 11 is 0. The molecule has 19 heavy (non-hydrogen) atoms. The molecule has 0 aromatic carbocycles. The molecule has 3 atom stereocenters. The molecular formula is C15H22N2O2. The van der Waals surface area contributed by atoms with Gasteiger partial charge in [-0.05, 0) is 42.7 Å². The van der Waals surface area contributed by atoms with Gasteiger partial charge < -0.3 is 10.5 Å². The second-order valence-electron chi connectivity index (χ2n) is 5.55. The van der Waals surface area contributed by atoms with Crippen LogP contribution < -0.4 is 5.73 Å². The largest absolute Gasteiger partial charge is 0.458 e. The van der Waals surface area contributed by atoms with Gasteiger partial charge in [-0.3, -0.25) is 0 Å². The fourth-order valence-corrected chi connectivity index (χ4v) is 2.48. The maximum absolute atomic E-state index is 12.0. The number of ether oxygens (including phenoxy) is 1. The average molecular weight is 262 g/mol. The van der Waals surface area contributed by atoms with Crippen molar-refractivity contribution in [2.75, 3.05) is 0 Å². The van der Waals surface area contributed by atoms with Crippen LogP contribution in [-0.2, 0) is 11.3 Å². The summed E-state index contributed by atoms with van der Waals surface area (Å²) in [5, 5.41) is 0. The molecule has 0 bridgehead atoms. The first-order chi connectivity index (χ1) is 9.10. The zero-order valence-corrected chi connectivity index (χ0v) is 11.6. The van der Waals surface area contributed by atoms with Gasteiger partial charge in [-0.1, -0.05) is 19.9 Å². The maximum atomic E-state index is 12.0. The van der Waals surface area contributed by atoms with Crippen molar-refractivity contribution >= 4 is 5.97 Å². The Morgan fingerprint density at radius 1 is 1.37 bits per heavy atom. The number of carbonyl (C=O) groups is 1. The van der Waals surface area contributed by atoms with Gasteiger partial charge in [-0.2, -0.15) is 0 Å². The Balaban J connectivity index is 1.93. The lowest BCUT2D eigenvalue weighted by atomic mass is 9.80. The Morgan fingerprint density at radius 2 is 2.16 bits per heavy atom. The molecule has 1 aromatic rings. The van der Waals surface area contributed by atoms with Gasteiger partial charge in [-0.15, -0.1) is 0 Å². The van der Waals surface area contributed by atoms with Crippen LogP contribution in [0.25, 0.3) is 0 Å². The third-order valence-corrected chi connectivity index (χ3v) is 4.09. The summed E-state index contributed by atoms with van der Waals surface area (Å²) in [6.45, 7) is 4.91. The van der Waals surface area contributed by atoms with Crippen LogP contribution in [0.3, 0.4) is 0 Å². The number of esters is 1. The predicted octanol–water partition coefficient (Wildman–Crippen LogP) is 2.52. The Hall–Kier alpha value is -1.42. The molecule has 3 unspecified atom stereocenters. The van der Waals surface area contributed by atoms with E-state index >= 15 is 0 Å². The second-order valence-corrected chi connectivity index (χ2v) is 5.55. The third-order valence-electron chi connectivity index (χ3n) is 4.09. The van der Waals surface area contributed by atoms with Gasteiger partial charge in [0.25, 0.3) is 0 Å². The van der Waals surface area contributed by atoms with Crippen molar-refractivity contribution in [1.82, 2.24) is 4.98 Å². The second kappa shape index (κ2) is 6.15. The number of aromatic nitrogens is 1. The standard InChI is InChI=1S/C15H22N2O2/c1-10-3-5-13(7-11(10)2)19-15(18)14-6-4-12(8-16)9-17-14/h4,6,9-11,13H,3,5,7-8,16H2,1-2H3. The number of hydrogen-bond donors (Lipinski definition) is 1. The van der Waals surface area contributed by atoms with Gasteiger partial charge in [-0.25, -0.2) is 9.78 Å². The molecule has 0 spiro atoms. The number of pyridine rings is 1. The van der Waals surface area contributed by atoms with Crippen LogP contribution in [0, 0.1) is 11.8 Å². The lowest BCUT2D eigenvalue weighted by Crippen LogP contribution is -2.29. The number of carbonyl (C=O) groups excluding carboxylic acids is 1. The molecule has 4 nitrogen and oxygen atoms in total. The van der Waals surface area contributed by atoms with E-state index < -0.39 is 0 Å². The topological polar surface area (TPSA) is 65.2 Å². The first kappa shape index (κ1) is 14.0. The molecule has 1 aliphatic rings. The highest BCUT2D eigenvalue weighted by Crippen LogP contribution is 2.31. The normalized spacial score (nSPS) is 27.0. The highest BCUT2D eigenvalue weighted by molar-refractivity contribution is 5.87. The summed E-state index contributed by atoms with van der Waals surface area (Å²) in [5.41, 5.74) is 6.78. The van der Waals surface area contributed by atoms with E-state index in [9.17, 15) is 4.79 Å². The van der Waals surface area contributed by atoms with Gasteiger partial charge in [0.1, 0.15) is 11.8 Å². The zero-order chi connectivity index (χ0) is 13.8. The lowest BCUT2D eigenvalue weighted by Gasteiger charge is -2.31. The Kier molecular flexibility index (Phi) is 4.53.